The highest BCUT2D eigenvalue weighted by atomic mass is 31.1. The van der Waals surface area contributed by atoms with E-state index in [-0.39, 0.29) is 12.0 Å². The van der Waals surface area contributed by atoms with Gasteiger partial charge in [-0.3, -0.25) is 9.36 Å². The van der Waals surface area contributed by atoms with E-state index >= 15 is 0 Å². The molecule has 0 fully saturated rings. The van der Waals surface area contributed by atoms with Crippen LogP contribution in [-0.2, 0) is 9.36 Å². The molecule has 2 unspecified atom stereocenters. The minimum Gasteiger partial charge on any atom is -0.480 e. The Morgan fingerprint density at radius 2 is 1.69 bits per heavy atom. The molecule has 5 nitrogen and oxygen atoms in total. The third-order valence-electron chi connectivity index (χ3n) is 2.82. The summed E-state index contributed by atoms with van der Waals surface area (Å²) in [6.07, 6.45) is -1.12. The zero-order valence-corrected chi connectivity index (χ0v) is 11.2. The molecule has 0 saturated heterocycles. The zero-order valence-electron chi connectivity index (χ0n) is 10.3. The molecule has 0 spiro atoms. The Morgan fingerprint density at radius 3 is 1.75 bits per heavy atom. The van der Waals surface area contributed by atoms with Crippen molar-refractivity contribution in [3.8, 4) is 0 Å². The van der Waals surface area contributed by atoms with Crippen molar-refractivity contribution in [1.82, 2.24) is 4.67 Å². The summed E-state index contributed by atoms with van der Waals surface area (Å²) in [5, 5.41) is 19.2. The van der Waals surface area contributed by atoms with Crippen LogP contribution in [-0.4, -0.2) is 38.5 Å². The van der Waals surface area contributed by atoms with E-state index in [9.17, 15) is 19.6 Å². The van der Waals surface area contributed by atoms with E-state index in [2.05, 4.69) is 0 Å². The van der Waals surface area contributed by atoms with Crippen LogP contribution in [0.25, 0.3) is 0 Å². The first-order valence-corrected chi connectivity index (χ1v) is 6.03. The number of nitrogens with zero attached hydrogens (tertiary/aromatic N) is 1. The molecular formula is C10H20NO4P. The summed E-state index contributed by atoms with van der Waals surface area (Å²) in [5.74, 6) is -1.52. The van der Waals surface area contributed by atoms with E-state index in [0.29, 0.717) is 0 Å². The molecule has 0 aromatic rings. The highest BCUT2D eigenvalue weighted by molar-refractivity contribution is 7.20. The predicted molar refractivity (Wildman–Crippen MR) is 61.5 cm³/mol. The van der Waals surface area contributed by atoms with Crippen molar-refractivity contribution in [3.05, 3.63) is 0 Å². The SMILES string of the molecule is CC(C)N(P=O)C(C(=O)O)(C(C)C)C(C)O. The van der Waals surface area contributed by atoms with Crippen LogP contribution in [0.4, 0.5) is 0 Å². The maximum atomic E-state index is 11.5. The van der Waals surface area contributed by atoms with E-state index in [4.69, 9.17) is 0 Å². The van der Waals surface area contributed by atoms with Gasteiger partial charge in [0.05, 0.1) is 6.10 Å². The topological polar surface area (TPSA) is 77.8 Å². The lowest BCUT2D eigenvalue weighted by Crippen LogP contribution is -2.63. The minimum absolute atomic E-state index is 0.243. The molecule has 0 amide bonds. The summed E-state index contributed by atoms with van der Waals surface area (Å²) in [4.78, 5) is 11.5. The van der Waals surface area contributed by atoms with Gasteiger partial charge in [-0.05, 0) is 26.7 Å². The summed E-state index contributed by atoms with van der Waals surface area (Å²) >= 11 is 0. The van der Waals surface area contributed by atoms with E-state index in [0.717, 1.165) is 0 Å². The summed E-state index contributed by atoms with van der Waals surface area (Å²) in [6, 6.07) is -0.243. The maximum absolute atomic E-state index is 11.5. The van der Waals surface area contributed by atoms with E-state index in [1.807, 2.05) is 0 Å². The molecule has 0 heterocycles. The second-order valence-corrected chi connectivity index (χ2v) is 5.08. The third kappa shape index (κ3) is 2.42. The molecule has 0 aromatic heterocycles. The zero-order chi connectivity index (χ0) is 13.1. The predicted octanol–water partition coefficient (Wildman–Crippen LogP) is 1.76. The average molecular weight is 249 g/mol. The van der Waals surface area contributed by atoms with Crippen molar-refractivity contribution in [2.45, 2.75) is 52.3 Å². The Morgan fingerprint density at radius 1 is 1.25 bits per heavy atom. The molecule has 2 atom stereocenters. The molecular weight excluding hydrogens is 229 g/mol. The van der Waals surface area contributed by atoms with Gasteiger partial charge in [-0.1, -0.05) is 13.8 Å². The summed E-state index contributed by atoms with van der Waals surface area (Å²) < 4.78 is 12.4. The molecule has 0 saturated carbocycles. The smallest absolute Gasteiger partial charge is 0.327 e. The Balaban J connectivity index is 5.67. The lowest BCUT2D eigenvalue weighted by Gasteiger charge is -2.43. The quantitative estimate of drug-likeness (QED) is 0.701. The van der Waals surface area contributed by atoms with Crippen LogP contribution in [0.1, 0.15) is 34.6 Å². The standard InChI is InChI=1S/C10H20NO4P/c1-6(2)10(8(5)12,9(13)14)11(16-15)7(3)4/h6-8,12H,1-5H3,(H,13,14). The van der Waals surface area contributed by atoms with Crippen LogP contribution in [0.15, 0.2) is 0 Å². The summed E-state index contributed by atoms with van der Waals surface area (Å²) in [6.45, 7) is 8.29. The number of carboxylic acid groups (broad SMARTS) is 1. The molecule has 0 aliphatic carbocycles. The molecule has 0 bridgehead atoms. The van der Waals surface area contributed by atoms with Crippen molar-refractivity contribution >= 4 is 14.6 Å². The second-order valence-electron chi connectivity index (χ2n) is 4.48. The van der Waals surface area contributed by atoms with Crippen molar-refractivity contribution < 1.29 is 19.6 Å². The van der Waals surface area contributed by atoms with Gasteiger partial charge in [-0.25, -0.2) is 4.67 Å². The van der Waals surface area contributed by atoms with Gasteiger partial charge in [-0.15, -0.1) is 0 Å². The van der Waals surface area contributed by atoms with Crippen molar-refractivity contribution in [2.75, 3.05) is 0 Å². The number of aliphatic hydroxyl groups is 1. The second kappa shape index (κ2) is 5.71. The van der Waals surface area contributed by atoms with Crippen LogP contribution in [0, 0.1) is 5.92 Å². The number of carbonyl (C=O) groups is 1. The van der Waals surface area contributed by atoms with Gasteiger partial charge in [0.15, 0.2) is 5.54 Å². The Labute approximate surface area is 97.7 Å². The summed E-state index contributed by atoms with van der Waals surface area (Å²) in [7, 11) is -0.393. The van der Waals surface area contributed by atoms with E-state index < -0.39 is 26.2 Å². The molecule has 0 rings (SSSR count). The van der Waals surface area contributed by atoms with Gasteiger partial charge >= 0.3 is 5.97 Å². The number of carboxylic acids is 1. The molecule has 0 aliphatic heterocycles. The first-order valence-electron chi connectivity index (χ1n) is 5.26. The monoisotopic (exact) mass is 249 g/mol. The maximum Gasteiger partial charge on any atom is 0.327 e. The Bertz CT molecular complexity index is 258. The normalized spacial score (nSPS) is 18.1. The fraction of sp³-hybridized carbons (Fsp3) is 0.900. The Kier molecular flexibility index (Phi) is 5.53. The van der Waals surface area contributed by atoms with E-state index in [1.54, 1.807) is 27.7 Å². The highest BCUT2D eigenvalue weighted by Gasteiger charge is 2.52. The number of aliphatic carboxylic acids is 1. The summed E-state index contributed by atoms with van der Waals surface area (Å²) in [5.41, 5.74) is -1.53. The van der Waals surface area contributed by atoms with E-state index in [1.165, 1.54) is 11.6 Å². The first-order chi connectivity index (χ1) is 7.22. The van der Waals surface area contributed by atoms with Gasteiger partial charge in [-0.2, -0.15) is 0 Å². The molecule has 16 heavy (non-hydrogen) atoms. The molecule has 0 radical (unpaired) electrons. The van der Waals surface area contributed by atoms with Crippen LogP contribution in [0.2, 0.25) is 0 Å². The van der Waals surface area contributed by atoms with Crippen molar-refractivity contribution in [2.24, 2.45) is 5.92 Å². The van der Waals surface area contributed by atoms with Crippen molar-refractivity contribution in [3.63, 3.8) is 0 Å². The largest absolute Gasteiger partial charge is 0.480 e. The van der Waals surface area contributed by atoms with Crippen LogP contribution in [0.5, 0.6) is 0 Å². The van der Waals surface area contributed by atoms with Gasteiger partial charge in [0.1, 0.15) is 0 Å². The lowest BCUT2D eigenvalue weighted by atomic mass is 9.81. The van der Waals surface area contributed by atoms with Crippen LogP contribution >= 0.6 is 8.61 Å². The van der Waals surface area contributed by atoms with Gasteiger partial charge in [0.2, 0.25) is 8.61 Å². The van der Waals surface area contributed by atoms with Gasteiger partial charge in [0, 0.05) is 6.04 Å². The number of hydrogen-bond donors (Lipinski definition) is 2. The van der Waals surface area contributed by atoms with Gasteiger partial charge in [0.25, 0.3) is 0 Å². The molecule has 0 aliphatic rings. The van der Waals surface area contributed by atoms with Crippen LogP contribution < -0.4 is 0 Å². The minimum atomic E-state index is -1.53. The lowest BCUT2D eigenvalue weighted by molar-refractivity contribution is -0.160. The average Bonchev–Trinajstić information content (AvgIpc) is 2.10. The van der Waals surface area contributed by atoms with Gasteiger partial charge < -0.3 is 10.2 Å². The molecule has 6 heteroatoms. The third-order valence-corrected chi connectivity index (χ3v) is 3.78. The number of hydrogen-bond acceptors (Lipinski definition) is 3. The van der Waals surface area contributed by atoms with Crippen LogP contribution in [0.3, 0.4) is 0 Å². The fourth-order valence-electron chi connectivity index (χ4n) is 2.05. The Hall–Kier alpha value is -0.510. The first kappa shape index (κ1) is 15.5. The molecule has 0 aromatic carbocycles. The number of rotatable bonds is 6. The molecule has 94 valence electrons. The fourth-order valence-corrected chi connectivity index (χ4v) is 2.86. The highest BCUT2D eigenvalue weighted by Crippen LogP contribution is 2.35. The van der Waals surface area contributed by atoms with Crippen molar-refractivity contribution in [1.29, 1.82) is 0 Å². The molecule has 2 N–H and O–H groups in total. The number of aliphatic hydroxyl groups excluding tert-OH is 1.